The van der Waals surface area contributed by atoms with Crippen molar-refractivity contribution in [2.45, 2.75) is 68.8 Å². The lowest BCUT2D eigenvalue weighted by molar-refractivity contribution is -0.125. The molecular formula is C52H60N8O9S. The summed E-state index contributed by atoms with van der Waals surface area (Å²) in [5.41, 5.74) is 5.29. The van der Waals surface area contributed by atoms with Gasteiger partial charge in [-0.2, -0.15) is 16.9 Å². The quantitative estimate of drug-likeness (QED) is 0.0192. The van der Waals surface area contributed by atoms with Crippen LogP contribution in [0.25, 0.3) is 0 Å². The number of fused-ring (bicyclic) bond motifs is 3. The molecule has 2 saturated heterocycles. The zero-order valence-electron chi connectivity index (χ0n) is 39.1. The van der Waals surface area contributed by atoms with Crippen molar-refractivity contribution in [1.82, 2.24) is 26.6 Å². The van der Waals surface area contributed by atoms with Gasteiger partial charge in [0, 0.05) is 66.6 Å². The van der Waals surface area contributed by atoms with Gasteiger partial charge in [-0.3, -0.25) is 19.2 Å². The molecule has 7 rings (SSSR count). The second-order valence-corrected chi connectivity index (χ2v) is 18.2. The minimum Gasteiger partial charge on any atom is -0.506 e. The summed E-state index contributed by atoms with van der Waals surface area (Å²) in [6, 6.07) is 27.1. The van der Waals surface area contributed by atoms with Gasteiger partial charge in [-0.05, 0) is 85.0 Å². The van der Waals surface area contributed by atoms with E-state index < -0.39 is 0 Å². The summed E-state index contributed by atoms with van der Waals surface area (Å²) in [5.74, 6) is 6.62. The third-order valence-electron chi connectivity index (χ3n) is 11.8. The molecular weight excluding hydrogens is 913 g/mol. The molecule has 70 heavy (non-hydrogen) atoms. The highest BCUT2D eigenvalue weighted by atomic mass is 32.2. The van der Waals surface area contributed by atoms with E-state index in [9.17, 15) is 29.1 Å². The third-order valence-corrected chi connectivity index (χ3v) is 13.4. The van der Waals surface area contributed by atoms with Crippen molar-refractivity contribution < 1.29 is 43.3 Å². The predicted molar refractivity (Wildman–Crippen MR) is 266 cm³/mol. The molecule has 4 aromatic carbocycles. The molecule has 3 aliphatic heterocycles. The topological polar surface area (TPSA) is 221 Å². The van der Waals surface area contributed by atoms with Gasteiger partial charge in [-0.25, -0.2) is 4.79 Å². The van der Waals surface area contributed by atoms with Crippen molar-refractivity contribution in [3.63, 3.8) is 0 Å². The van der Waals surface area contributed by atoms with E-state index in [1.54, 1.807) is 41.3 Å². The largest absolute Gasteiger partial charge is 0.506 e. The lowest BCUT2D eigenvalue weighted by Gasteiger charge is -2.26. The number of unbranched alkanes of at least 4 members (excludes halogenated alkanes) is 1. The average Bonchev–Trinajstić information content (AvgIpc) is 3.93. The van der Waals surface area contributed by atoms with Crippen LogP contribution in [-0.4, -0.2) is 117 Å². The molecule has 0 saturated carbocycles. The number of azo groups is 1. The Balaban J connectivity index is 0.700. The smallest absolute Gasteiger partial charge is 0.315 e. The lowest BCUT2D eigenvalue weighted by atomic mass is 10.0. The molecule has 18 heteroatoms. The number of nitrogens with zero attached hydrogens (tertiary/aromatic N) is 3. The van der Waals surface area contributed by atoms with E-state index in [4.69, 9.17) is 14.2 Å². The summed E-state index contributed by atoms with van der Waals surface area (Å²) < 4.78 is 16.6. The van der Waals surface area contributed by atoms with Crippen LogP contribution < -0.4 is 31.5 Å². The van der Waals surface area contributed by atoms with Crippen molar-refractivity contribution in [3.05, 3.63) is 119 Å². The van der Waals surface area contributed by atoms with Crippen LogP contribution in [0.5, 0.6) is 5.75 Å². The molecule has 3 heterocycles. The first-order valence-corrected chi connectivity index (χ1v) is 24.8. The second kappa shape index (κ2) is 26.8. The van der Waals surface area contributed by atoms with Gasteiger partial charge in [0.1, 0.15) is 11.4 Å². The van der Waals surface area contributed by atoms with Gasteiger partial charge in [0.15, 0.2) is 0 Å². The van der Waals surface area contributed by atoms with Crippen LogP contribution in [0.4, 0.5) is 21.9 Å². The molecule has 3 atom stereocenters. The standard InChI is InChI=1S/C52H60N8O9S/c61-45-20-13-36(23-24-53-48(63)21-22-49(64)60-34-40-9-2-1-7-37(40)14-15-38-8-3-4-10-44(38)60)33-42(45)59-58-41-18-16-39(17-19-41)51(65)55-26-28-68-30-32-69-31-29-67-27-25-54-47(62)12-6-5-11-46-50-43(35-70-46)56-52(66)57-50/h1-4,7-10,13,16-20,33,43,46,50,61H,5-6,11-12,21-32,34-35H2,(H,53,63)(H,54,62)(H,55,65)(H2,56,57,66)/b59-58+/t43-,46-,50-/m0/s1. The summed E-state index contributed by atoms with van der Waals surface area (Å²) >= 11 is 1.89. The molecule has 0 unspecified atom stereocenters. The van der Waals surface area contributed by atoms with Gasteiger partial charge in [0.05, 0.1) is 69.6 Å². The highest BCUT2D eigenvalue weighted by Crippen LogP contribution is 2.33. The normalized spacial score (nSPS) is 16.7. The predicted octanol–water partition coefficient (Wildman–Crippen LogP) is 5.81. The van der Waals surface area contributed by atoms with E-state index in [-0.39, 0.29) is 66.0 Å². The number of benzene rings is 4. The number of nitrogens with one attached hydrogen (secondary N) is 5. The third kappa shape index (κ3) is 15.6. The Labute approximate surface area is 412 Å². The minimum atomic E-state index is -0.267. The summed E-state index contributed by atoms with van der Waals surface area (Å²) in [6.45, 7) is 3.67. The minimum absolute atomic E-state index is 0.0113. The molecule has 2 fully saturated rings. The maximum atomic E-state index is 13.5. The number of thioether (sulfide) groups is 1. The highest BCUT2D eigenvalue weighted by Gasteiger charge is 2.42. The maximum absolute atomic E-state index is 13.5. The van der Waals surface area contributed by atoms with Crippen LogP contribution in [0.2, 0.25) is 0 Å². The molecule has 4 aromatic rings. The van der Waals surface area contributed by atoms with E-state index in [1.807, 2.05) is 60.3 Å². The molecule has 17 nitrogen and oxygen atoms in total. The number of para-hydroxylation sites is 1. The average molecular weight is 973 g/mol. The Morgan fingerprint density at radius 2 is 1.41 bits per heavy atom. The van der Waals surface area contributed by atoms with Gasteiger partial charge < -0.3 is 50.8 Å². The monoisotopic (exact) mass is 972 g/mol. The van der Waals surface area contributed by atoms with Crippen LogP contribution in [0.1, 0.15) is 71.1 Å². The number of phenols is 1. The zero-order chi connectivity index (χ0) is 48.9. The van der Waals surface area contributed by atoms with E-state index in [1.165, 1.54) is 6.07 Å². The Morgan fingerprint density at radius 1 is 0.729 bits per heavy atom. The number of anilines is 1. The summed E-state index contributed by atoms with van der Waals surface area (Å²) in [4.78, 5) is 64.3. The van der Waals surface area contributed by atoms with Gasteiger partial charge >= 0.3 is 6.03 Å². The number of aromatic hydroxyl groups is 1. The Morgan fingerprint density at radius 3 is 2.21 bits per heavy atom. The first-order chi connectivity index (χ1) is 34.2. The number of amides is 6. The van der Waals surface area contributed by atoms with Crippen LogP contribution in [0, 0.1) is 11.8 Å². The van der Waals surface area contributed by atoms with Crippen molar-refractivity contribution in [2.75, 3.05) is 69.9 Å². The molecule has 0 spiro atoms. The zero-order valence-corrected chi connectivity index (χ0v) is 39.9. The first-order valence-electron chi connectivity index (χ1n) is 23.8. The first kappa shape index (κ1) is 51.1. The Kier molecular flexibility index (Phi) is 19.6. The summed E-state index contributed by atoms with van der Waals surface area (Å²) in [7, 11) is 0. The molecule has 6 amide bonds. The molecule has 0 aliphatic carbocycles. The Hall–Kier alpha value is -6.78. The fourth-order valence-corrected chi connectivity index (χ4v) is 9.64. The number of carbonyl (C=O) groups excluding carboxylic acids is 5. The van der Waals surface area contributed by atoms with Crippen molar-refractivity contribution in [1.29, 1.82) is 0 Å². The van der Waals surface area contributed by atoms with Crippen molar-refractivity contribution in [3.8, 4) is 17.6 Å². The fourth-order valence-electron chi connectivity index (χ4n) is 8.10. The van der Waals surface area contributed by atoms with Crippen LogP contribution in [0.15, 0.2) is 101 Å². The van der Waals surface area contributed by atoms with E-state index in [0.29, 0.717) is 95.2 Å². The van der Waals surface area contributed by atoms with Crippen molar-refractivity contribution in [2.24, 2.45) is 10.2 Å². The molecule has 3 aliphatic rings. The number of hydrogen-bond donors (Lipinski definition) is 6. The van der Waals surface area contributed by atoms with Crippen LogP contribution in [-0.2, 0) is 41.6 Å². The number of ether oxygens (including phenoxy) is 3. The molecule has 368 valence electrons. The number of phenolic OH excluding ortho intramolecular Hbond substituents is 1. The molecule has 0 radical (unpaired) electrons. The van der Waals surface area contributed by atoms with Crippen molar-refractivity contribution >= 4 is 58.5 Å². The molecule has 0 aromatic heterocycles. The highest BCUT2D eigenvalue weighted by molar-refractivity contribution is 8.00. The maximum Gasteiger partial charge on any atom is 0.315 e. The van der Waals surface area contributed by atoms with Crippen LogP contribution >= 0.6 is 11.8 Å². The Bertz CT molecular complexity index is 2530. The van der Waals surface area contributed by atoms with E-state index in [0.717, 1.165) is 53.0 Å². The fraction of sp³-hybridized carbons (Fsp3) is 0.404. The summed E-state index contributed by atoms with van der Waals surface area (Å²) in [6.07, 6.45) is 3.75. The SMILES string of the molecule is O=C(CCCC[C@@H]1SC[C@@H]2NC(=O)N[C@@H]21)NCCOCCOCCOCCNC(=O)c1ccc(/N=N/c2cc(CCNC(=O)CCC(=O)N3Cc4ccccc4C#Cc4ccccc43)ccc2O)cc1. The van der Waals surface area contributed by atoms with Gasteiger partial charge in [0.2, 0.25) is 17.7 Å². The second-order valence-electron chi connectivity index (χ2n) is 16.9. The number of rotatable bonds is 26. The van der Waals surface area contributed by atoms with Crippen LogP contribution in [0.3, 0.4) is 0 Å². The molecule has 6 N–H and O–H groups in total. The number of carbonyl (C=O) groups is 5. The van der Waals surface area contributed by atoms with E-state index in [2.05, 4.69) is 48.7 Å². The van der Waals surface area contributed by atoms with Gasteiger partial charge in [-0.15, -0.1) is 5.11 Å². The number of hydrogen-bond acceptors (Lipinski definition) is 12. The summed E-state index contributed by atoms with van der Waals surface area (Å²) in [5, 5.41) is 33.8. The number of urea groups is 1. The van der Waals surface area contributed by atoms with Gasteiger partial charge in [-0.1, -0.05) is 54.7 Å². The van der Waals surface area contributed by atoms with Gasteiger partial charge in [0.25, 0.3) is 5.91 Å². The van der Waals surface area contributed by atoms with E-state index >= 15 is 0 Å². The lowest BCUT2D eigenvalue weighted by Crippen LogP contribution is -2.36. The molecule has 0 bridgehead atoms.